The molecule has 1 atom stereocenters. The fourth-order valence-corrected chi connectivity index (χ4v) is 6.39. The quantitative estimate of drug-likeness (QED) is 0.284. The summed E-state index contributed by atoms with van der Waals surface area (Å²) in [5.41, 5.74) is -1.30. The molecule has 0 spiro atoms. The van der Waals surface area contributed by atoms with E-state index in [4.69, 9.17) is 21.1 Å². The first kappa shape index (κ1) is 35.6. The lowest BCUT2D eigenvalue weighted by atomic mass is 10.2. The molecule has 2 amide bonds. The predicted molar refractivity (Wildman–Crippen MR) is 174 cm³/mol. The van der Waals surface area contributed by atoms with E-state index in [9.17, 15) is 22.4 Å². The number of carbonyl (C=O) groups excluding carboxylic acids is 2. The highest BCUT2D eigenvalue weighted by Gasteiger charge is 2.38. The number of nitrogens with one attached hydrogen (secondary N) is 1. The van der Waals surface area contributed by atoms with Gasteiger partial charge in [0.2, 0.25) is 0 Å². The number of ether oxygens (including phenoxy) is 2. The van der Waals surface area contributed by atoms with Gasteiger partial charge in [0.1, 0.15) is 39.7 Å². The molecule has 1 fully saturated rings. The van der Waals surface area contributed by atoms with Crippen molar-refractivity contribution in [3.8, 4) is 0 Å². The van der Waals surface area contributed by atoms with Crippen LogP contribution in [0.3, 0.4) is 0 Å². The van der Waals surface area contributed by atoms with E-state index < -0.39 is 49.9 Å². The first-order valence-corrected chi connectivity index (χ1v) is 16.4. The Bertz CT molecular complexity index is 1750. The SMILES string of the molecule is CN(C(=O)OC(C)(C)C)C1CCN(c2cc(F)ccc2Nc2cc(F)c(S(=O)(=O)N(C(=O)OC(C)(C)C)c3cncnc3)cc2Cl)C1. The summed E-state index contributed by atoms with van der Waals surface area (Å²) in [5, 5.41) is 2.76. The van der Waals surface area contributed by atoms with Crippen molar-refractivity contribution < 1.29 is 36.3 Å². The topological polar surface area (TPSA) is 134 Å². The molecule has 2 aromatic carbocycles. The molecule has 254 valence electrons. The van der Waals surface area contributed by atoms with E-state index in [1.165, 1.54) is 23.1 Å². The maximum absolute atomic E-state index is 15.7. The van der Waals surface area contributed by atoms with Gasteiger partial charge in [-0.25, -0.2) is 36.8 Å². The molecule has 1 unspecified atom stereocenters. The van der Waals surface area contributed by atoms with Gasteiger partial charge in [-0.05, 0) is 72.2 Å². The minimum Gasteiger partial charge on any atom is -0.444 e. The van der Waals surface area contributed by atoms with Crippen molar-refractivity contribution in [2.45, 2.75) is 70.1 Å². The summed E-state index contributed by atoms with van der Waals surface area (Å²) in [4.78, 5) is 35.7. The molecule has 1 aliphatic rings. The van der Waals surface area contributed by atoms with Crippen LogP contribution < -0.4 is 14.5 Å². The Morgan fingerprint density at radius 1 is 0.979 bits per heavy atom. The number of rotatable bonds is 7. The normalized spacial score (nSPS) is 15.3. The van der Waals surface area contributed by atoms with E-state index in [-0.39, 0.29) is 26.7 Å². The fraction of sp³-hybridized carbons (Fsp3) is 0.419. The number of carbonyl (C=O) groups is 2. The lowest BCUT2D eigenvalue weighted by Crippen LogP contribution is -2.42. The van der Waals surface area contributed by atoms with E-state index in [0.29, 0.717) is 30.9 Å². The van der Waals surface area contributed by atoms with Gasteiger partial charge in [0, 0.05) is 26.2 Å². The molecule has 4 rings (SSSR count). The van der Waals surface area contributed by atoms with Crippen LogP contribution in [0.2, 0.25) is 5.02 Å². The Kier molecular flexibility index (Phi) is 10.2. The molecule has 0 bridgehead atoms. The van der Waals surface area contributed by atoms with Crippen molar-refractivity contribution in [2.24, 2.45) is 0 Å². The lowest BCUT2D eigenvalue weighted by molar-refractivity contribution is 0.0237. The number of halogens is 3. The minimum atomic E-state index is -4.94. The zero-order chi connectivity index (χ0) is 34.9. The number of nitrogens with zero attached hydrogens (tertiary/aromatic N) is 5. The van der Waals surface area contributed by atoms with Gasteiger partial charge in [-0.3, -0.25) is 0 Å². The van der Waals surface area contributed by atoms with E-state index in [2.05, 4.69) is 15.3 Å². The summed E-state index contributed by atoms with van der Waals surface area (Å²) in [6.45, 7) is 10.8. The number of amides is 2. The van der Waals surface area contributed by atoms with Crippen molar-refractivity contribution in [1.29, 1.82) is 0 Å². The molecule has 1 N–H and O–H groups in total. The van der Waals surface area contributed by atoms with E-state index in [1.54, 1.807) is 48.6 Å². The number of sulfonamides is 1. The van der Waals surface area contributed by atoms with Crippen LogP contribution >= 0.6 is 11.6 Å². The van der Waals surface area contributed by atoms with Crippen molar-refractivity contribution in [2.75, 3.05) is 34.7 Å². The maximum atomic E-state index is 15.7. The molecular weight excluding hydrogens is 658 g/mol. The third kappa shape index (κ3) is 8.57. The number of likely N-dealkylation sites (N-methyl/N-ethyl adjacent to an activating group) is 1. The molecule has 1 aliphatic heterocycles. The van der Waals surface area contributed by atoms with Crippen LogP contribution in [0.1, 0.15) is 48.0 Å². The van der Waals surface area contributed by atoms with Crippen LogP contribution in [0.15, 0.2) is 53.9 Å². The summed E-state index contributed by atoms with van der Waals surface area (Å²) in [7, 11) is -3.30. The smallest absolute Gasteiger partial charge is 0.429 e. The number of hydrogen-bond acceptors (Lipinski definition) is 10. The Balaban J connectivity index is 1.63. The van der Waals surface area contributed by atoms with Crippen LogP contribution in [0.25, 0.3) is 0 Å². The van der Waals surface area contributed by atoms with E-state index in [1.807, 2.05) is 4.90 Å². The zero-order valence-corrected chi connectivity index (χ0v) is 28.6. The Morgan fingerprint density at radius 3 is 2.21 bits per heavy atom. The number of benzene rings is 2. The second-order valence-electron chi connectivity index (χ2n) is 12.9. The summed E-state index contributed by atoms with van der Waals surface area (Å²) in [6.07, 6.45) is 2.05. The minimum absolute atomic E-state index is 0.0237. The first-order chi connectivity index (χ1) is 21.8. The second-order valence-corrected chi connectivity index (χ2v) is 15.0. The largest absolute Gasteiger partial charge is 0.444 e. The number of anilines is 4. The van der Waals surface area contributed by atoms with Crippen molar-refractivity contribution in [3.05, 3.63) is 65.7 Å². The number of aromatic nitrogens is 2. The molecule has 47 heavy (non-hydrogen) atoms. The first-order valence-electron chi connectivity index (χ1n) is 14.6. The molecular formula is C31H37ClF2N6O6S. The second kappa shape index (κ2) is 13.5. The summed E-state index contributed by atoms with van der Waals surface area (Å²) in [6, 6.07) is 5.43. The molecule has 0 radical (unpaired) electrons. The van der Waals surface area contributed by atoms with Crippen LogP contribution in [-0.2, 0) is 19.5 Å². The average molecular weight is 695 g/mol. The molecule has 0 aliphatic carbocycles. The summed E-state index contributed by atoms with van der Waals surface area (Å²) < 4.78 is 68.7. The van der Waals surface area contributed by atoms with Crippen molar-refractivity contribution in [3.63, 3.8) is 0 Å². The van der Waals surface area contributed by atoms with Crippen LogP contribution in [0, 0.1) is 11.6 Å². The van der Waals surface area contributed by atoms with E-state index in [0.717, 1.165) is 30.9 Å². The molecule has 12 nitrogen and oxygen atoms in total. The third-order valence-corrected chi connectivity index (χ3v) is 8.86. The van der Waals surface area contributed by atoms with Crippen molar-refractivity contribution >= 4 is 56.6 Å². The summed E-state index contributed by atoms with van der Waals surface area (Å²) >= 11 is 6.49. The van der Waals surface area contributed by atoms with Gasteiger partial charge < -0.3 is 24.6 Å². The Morgan fingerprint density at radius 2 is 1.60 bits per heavy atom. The van der Waals surface area contributed by atoms with E-state index >= 15 is 4.39 Å². The standard InChI is InChI=1S/C31H37ClF2N6O6S/c1-30(2,3)45-28(41)38(7)20-10-11-39(17-20)26-12-19(33)8-9-24(26)37-25-14-23(34)27(13-22(25)32)47(43,44)40(21-15-35-18-36-16-21)29(42)46-31(4,5)6/h8-9,12-16,18,20,37H,10-11,17H2,1-7H3. The third-order valence-electron chi connectivity index (χ3n) is 6.84. The predicted octanol–water partition coefficient (Wildman–Crippen LogP) is 6.73. The van der Waals surface area contributed by atoms with Crippen LogP contribution in [0.5, 0.6) is 0 Å². The van der Waals surface area contributed by atoms with Gasteiger partial charge in [-0.1, -0.05) is 11.6 Å². The molecule has 1 saturated heterocycles. The molecule has 3 aromatic rings. The van der Waals surface area contributed by atoms with Gasteiger partial charge in [-0.15, -0.1) is 0 Å². The molecule has 0 saturated carbocycles. The highest BCUT2D eigenvalue weighted by molar-refractivity contribution is 7.93. The highest BCUT2D eigenvalue weighted by atomic mass is 35.5. The van der Waals surface area contributed by atoms with Crippen molar-refractivity contribution in [1.82, 2.24) is 14.9 Å². The number of hydrogen-bond donors (Lipinski definition) is 1. The monoisotopic (exact) mass is 694 g/mol. The zero-order valence-electron chi connectivity index (χ0n) is 27.0. The molecule has 1 aromatic heterocycles. The summed E-state index contributed by atoms with van der Waals surface area (Å²) in [5.74, 6) is -1.76. The van der Waals surface area contributed by atoms with Gasteiger partial charge in [0.15, 0.2) is 0 Å². The van der Waals surface area contributed by atoms with Gasteiger partial charge in [-0.2, -0.15) is 4.31 Å². The van der Waals surface area contributed by atoms with Gasteiger partial charge >= 0.3 is 12.2 Å². The lowest BCUT2D eigenvalue weighted by Gasteiger charge is -2.29. The van der Waals surface area contributed by atoms with Crippen LogP contribution in [0.4, 0.5) is 41.1 Å². The fourth-order valence-electron chi connectivity index (χ4n) is 4.74. The average Bonchev–Trinajstić information content (AvgIpc) is 3.44. The Hall–Kier alpha value is -4.24. The van der Waals surface area contributed by atoms with Crippen LogP contribution in [-0.4, -0.2) is 72.9 Å². The Labute approximate surface area is 277 Å². The molecule has 16 heteroatoms. The maximum Gasteiger partial charge on any atom is 0.429 e. The van der Waals surface area contributed by atoms with Gasteiger partial charge in [0.25, 0.3) is 10.0 Å². The molecule has 2 heterocycles. The van der Waals surface area contributed by atoms with Gasteiger partial charge in [0.05, 0.1) is 40.5 Å². The highest BCUT2D eigenvalue weighted by Crippen LogP contribution is 2.37.